The molecule has 0 aliphatic rings. The van der Waals surface area contributed by atoms with Gasteiger partial charge in [0, 0.05) is 45.6 Å². The van der Waals surface area contributed by atoms with Crippen molar-refractivity contribution in [2.24, 2.45) is 14.1 Å². The Morgan fingerprint density at radius 1 is 1.41 bits per heavy atom. The molecule has 0 unspecified atom stereocenters. The highest BCUT2D eigenvalue weighted by atomic mass is 16.2. The number of hydrogen-bond acceptors (Lipinski definition) is 3. The van der Waals surface area contributed by atoms with E-state index >= 15 is 0 Å². The van der Waals surface area contributed by atoms with Crippen LogP contribution in [0.2, 0.25) is 0 Å². The first-order valence-corrected chi connectivity index (χ1v) is 5.29. The van der Waals surface area contributed by atoms with E-state index in [1.54, 1.807) is 46.8 Å². The Balaban J connectivity index is 2.08. The third-order valence-electron chi connectivity index (χ3n) is 2.56. The first kappa shape index (κ1) is 11.4. The summed E-state index contributed by atoms with van der Waals surface area (Å²) in [4.78, 5) is 13.7. The zero-order valence-corrected chi connectivity index (χ0v) is 10.2. The summed E-state index contributed by atoms with van der Waals surface area (Å²) in [6.45, 7) is 0.540. The first-order valence-electron chi connectivity index (χ1n) is 5.29. The van der Waals surface area contributed by atoms with Crippen molar-refractivity contribution in [1.29, 1.82) is 0 Å². The molecule has 0 saturated carbocycles. The molecular formula is C11H15N5O. The Hall–Kier alpha value is -2.11. The van der Waals surface area contributed by atoms with Crippen LogP contribution in [0.25, 0.3) is 0 Å². The number of carbonyl (C=O) groups is 1. The number of rotatable bonds is 3. The molecule has 0 aliphatic carbocycles. The van der Waals surface area contributed by atoms with E-state index in [0.717, 1.165) is 5.56 Å². The molecule has 2 aromatic rings. The molecule has 6 nitrogen and oxygen atoms in total. The van der Waals surface area contributed by atoms with Crippen LogP contribution in [0.15, 0.2) is 24.7 Å². The van der Waals surface area contributed by atoms with Gasteiger partial charge in [-0.05, 0) is 6.07 Å². The van der Waals surface area contributed by atoms with Crippen molar-refractivity contribution in [2.45, 2.75) is 6.54 Å². The number of nitrogens with zero attached hydrogens (tertiary/aromatic N) is 5. The molecule has 0 N–H and O–H groups in total. The topological polar surface area (TPSA) is 56.0 Å². The molecular weight excluding hydrogens is 218 g/mol. The number of aromatic nitrogens is 4. The summed E-state index contributed by atoms with van der Waals surface area (Å²) in [6.07, 6.45) is 5.27. The Morgan fingerprint density at radius 3 is 2.71 bits per heavy atom. The van der Waals surface area contributed by atoms with Gasteiger partial charge < -0.3 is 4.90 Å². The van der Waals surface area contributed by atoms with Crippen molar-refractivity contribution in [3.63, 3.8) is 0 Å². The standard InChI is InChI=1S/C11H15N5O/c1-14(7-9-6-13-15(2)8-9)11(17)10-4-5-12-16(10)3/h4-6,8H,7H2,1-3H3. The zero-order chi connectivity index (χ0) is 12.4. The Bertz CT molecular complexity index is 527. The average Bonchev–Trinajstić information content (AvgIpc) is 2.86. The van der Waals surface area contributed by atoms with E-state index in [2.05, 4.69) is 10.2 Å². The SMILES string of the molecule is CN(Cc1cnn(C)c1)C(=O)c1ccnn1C. The fourth-order valence-electron chi connectivity index (χ4n) is 1.68. The lowest BCUT2D eigenvalue weighted by atomic mass is 10.3. The normalized spacial score (nSPS) is 10.5. The largest absolute Gasteiger partial charge is 0.336 e. The van der Waals surface area contributed by atoms with Crippen LogP contribution < -0.4 is 0 Å². The van der Waals surface area contributed by atoms with Crippen LogP contribution in [0.1, 0.15) is 16.1 Å². The Morgan fingerprint density at radius 2 is 2.18 bits per heavy atom. The van der Waals surface area contributed by atoms with E-state index in [9.17, 15) is 4.79 Å². The van der Waals surface area contributed by atoms with E-state index in [4.69, 9.17) is 0 Å². The van der Waals surface area contributed by atoms with Crippen LogP contribution in [-0.4, -0.2) is 37.4 Å². The molecule has 0 bridgehead atoms. The summed E-state index contributed by atoms with van der Waals surface area (Å²) in [6, 6.07) is 1.71. The van der Waals surface area contributed by atoms with Gasteiger partial charge in [0.2, 0.25) is 0 Å². The fraction of sp³-hybridized carbons (Fsp3) is 0.364. The maximum atomic E-state index is 12.1. The van der Waals surface area contributed by atoms with Gasteiger partial charge in [0.1, 0.15) is 5.69 Å². The predicted molar refractivity (Wildman–Crippen MR) is 62.2 cm³/mol. The van der Waals surface area contributed by atoms with Gasteiger partial charge in [0.05, 0.1) is 6.20 Å². The quantitative estimate of drug-likeness (QED) is 0.772. The van der Waals surface area contributed by atoms with Gasteiger partial charge in [0.15, 0.2) is 0 Å². The number of aryl methyl sites for hydroxylation is 2. The van der Waals surface area contributed by atoms with Crippen LogP contribution in [0.4, 0.5) is 0 Å². The summed E-state index contributed by atoms with van der Waals surface area (Å²) in [5, 5.41) is 8.05. The molecule has 1 amide bonds. The highest BCUT2D eigenvalue weighted by Gasteiger charge is 2.15. The Labute approximate surface area is 99.4 Å². The van der Waals surface area contributed by atoms with Crippen molar-refractivity contribution in [3.05, 3.63) is 35.9 Å². The predicted octanol–water partition coefficient (Wildman–Crippen LogP) is 0.426. The molecule has 0 radical (unpaired) electrons. The van der Waals surface area contributed by atoms with Crippen molar-refractivity contribution < 1.29 is 4.79 Å². The van der Waals surface area contributed by atoms with E-state index in [1.807, 2.05) is 13.2 Å². The highest BCUT2D eigenvalue weighted by Crippen LogP contribution is 2.06. The second-order valence-electron chi connectivity index (χ2n) is 4.02. The minimum atomic E-state index is -0.0474. The second kappa shape index (κ2) is 4.40. The van der Waals surface area contributed by atoms with Crippen LogP contribution in [0.3, 0.4) is 0 Å². The zero-order valence-electron chi connectivity index (χ0n) is 10.2. The third kappa shape index (κ3) is 2.35. The molecule has 0 aliphatic heterocycles. The maximum Gasteiger partial charge on any atom is 0.272 e. The summed E-state index contributed by atoms with van der Waals surface area (Å²) in [7, 11) is 5.37. The molecule has 2 aromatic heterocycles. The lowest BCUT2D eigenvalue weighted by Gasteiger charge is -2.15. The van der Waals surface area contributed by atoms with Gasteiger partial charge >= 0.3 is 0 Å². The summed E-state index contributed by atoms with van der Waals surface area (Å²) >= 11 is 0. The molecule has 0 atom stereocenters. The molecule has 0 aromatic carbocycles. The number of amides is 1. The number of carbonyl (C=O) groups excluding carboxylic acids is 1. The molecule has 0 spiro atoms. The average molecular weight is 233 g/mol. The van der Waals surface area contributed by atoms with Gasteiger partial charge in [-0.1, -0.05) is 0 Å². The minimum Gasteiger partial charge on any atom is -0.336 e. The molecule has 17 heavy (non-hydrogen) atoms. The first-order chi connectivity index (χ1) is 8.08. The summed E-state index contributed by atoms with van der Waals surface area (Å²) < 4.78 is 3.29. The van der Waals surface area contributed by atoms with Gasteiger partial charge in [-0.3, -0.25) is 14.2 Å². The van der Waals surface area contributed by atoms with Crippen LogP contribution in [0.5, 0.6) is 0 Å². The van der Waals surface area contributed by atoms with E-state index < -0.39 is 0 Å². The Kier molecular flexibility index (Phi) is 2.95. The molecule has 2 rings (SSSR count). The lowest BCUT2D eigenvalue weighted by Crippen LogP contribution is -2.27. The van der Waals surface area contributed by atoms with Crippen molar-refractivity contribution in [3.8, 4) is 0 Å². The van der Waals surface area contributed by atoms with E-state index in [0.29, 0.717) is 12.2 Å². The second-order valence-corrected chi connectivity index (χ2v) is 4.02. The van der Waals surface area contributed by atoms with E-state index in [1.165, 1.54) is 0 Å². The lowest BCUT2D eigenvalue weighted by molar-refractivity contribution is 0.0774. The highest BCUT2D eigenvalue weighted by molar-refractivity contribution is 5.92. The maximum absolute atomic E-state index is 12.1. The van der Waals surface area contributed by atoms with Gasteiger partial charge in [0.25, 0.3) is 5.91 Å². The van der Waals surface area contributed by atoms with Crippen LogP contribution in [0, 0.1) is 0 Å². The fourth-order valence-corrected chi connectivity index (χ4v) is 1.68. The van der Waals surface area contributed by atoms with Crippen molar-refractivity contribution in [1.82, 2.24) is 24.5 Å². The van der Waals surface area contributed by atoms with Crippen molar-refractivity contribution in [2.75, 3.05) is 7.05 Å². The van der Waals surface area contributed by atoms with E-state index in [-0.39, 0.29) is 5.91 Å². The molecule has 0 saturated heterocycles. The minimum absolute atomic E-state index is 0.0474. The molecule has 2 heterocycles. The van der Waals surface area contributed by atoms with Crippen LogP contribution >= 0.6 is 0 Å². The van der Waals surface area contributed by atoms with Crippen LogP contribution in [-0.2, 0) is 20.6 Å². The van der Waals surface area contributed by atoms with Crippen molar-refractivity contribution >= 4 is 5.91 Å². The van der Waals surface area contributed by atoms with Gasteiger partial charge in [-0.2, -0.15) is 10.2 Å². The summed E-state index contributed by atoms with van der Waals surface area (Å²) in [5.74, 6) is -0.0474. The molecule has 6 heteroatoms. The third-order valence-corrected chi connectivity index (χ3v) is 2.56. The molecule has 90 valence electrons. The summed E-state index contributed by atoms with van der Waals surface area (Å²) in [5.41, 5.74) is 1.59. The van der Waals surface area contributed by atoms with Gasteiger partial charge in [-0.25, -0.2) is 0 Å². The molecule has 0 fully saturated rings. The number of hydrogen-bond donors (Lipinski definition) is 0. The van der Waals surface area contributed by atoms with Gasteiger partial charge in [-0.15, -0.1) is 0 Å². The monoisotopic (exact) mass is 233 g/mol. The smallest absolute Gasteiger partial charge is 0.272 e.